The Hall–Kier alpha value is 0. The summed E-state index contributed by atoms with van der Waals surface area (Å²) >= 11 is 0. The van der Waals surface area contributed by atoms with E-state index in [1.807, 2.05) is 27.7 Å². The highest BCUT2D eigenvalue weighted by Crippen LogP contribution is 2.34. The lowest BCUT2D eigenvalue weighted by atomic mass is 9.78. The van der Waals surface area contributed by atoms with Gasteiger partial charge in [-0.05, 0) is 18.3 Å². The van der Waals surface area contributed by atoms with E-state index in [4.69, 9.17) is 0 Å². The quantitative estimate of drug-likeness (QED) is 0.489. The van der Waals surface area contributed by atoms with Crippen LogP contribution in [0.1, 0.15) is 106 Å². The van der Waals surface area contributed by atoms with Gasteiger partial charge in [0.05, 0.1) is 0 Å². The van der Waals surface area contributed by atoms with Crippen LogP contribution < -0.4 is 0 Å². The molecule has 0 spiro atoms. The Morgan fingerprint density at radius 1 is 0.556 bits per heavy atom. The van der Waals surface area contributed by atoms with Crippen LogP contribution in [-0.4, -0.2) is 0 Å². The molecule has 112 valence electrons. The Morgan fingerprint density at radius 2 is 0.833 bits per heavy atom. The Balaban J connectivity index is 0. The monoisotopic (exact) mass is 256 g/mol. The van der Waals surface area contributed by atoms with Crippen molar-refractivity contribution in [3.8, 4) is 0 Å². The molecule has 18 heavy (non-hydrogen) atoms. The minimum absolute atomic E-state index is 0. The third-order valence-corrected chi connectivity index (χ3v) is 4.12. The van der Waals surface area contributed by atoms with E-state index in [-0.39, 0.29) is 7.43 Å². The fourth-order valence-corrected chi connectivity index (χ4v) is 3.32. The molecule has 0 aromatic rings. The largest absolute Gasteiger partial charge is 0.0776 e. The van der Waals surface area contributed by atoms with Crippen LogP contribution in [0.25, 0.3) is 0 Å². The van der Waals surface area contributed by atoms with Crippen LogP contribution in [0.5, 0.6) is 0 Å². The topological polar surface area (TPSA) is 0 Å². The van der Waals surface area contributed by atoms with E-state index in [1.165, 1.54) is 38.5 Å². The Labute approximate surface area is 118 Å². The number of hydrogen-bond acceptors (Lipinski definition) is 0. The molecule has 2 fully saturated rings. The maximum atomic E-state index is 2.00. The molecule has 2 saturated carbocycles. The number of hydrogen-bond donors (Lipinski definition) is 0. The fourth-order valence-electron chi connectivity index (χ4n) is 3.32. The zero-order valence-corrected chi connectivity index (χ0v) is 12.9. The van der Waals surface area contributed by atoms with Crippen molar-refractivity contribution in [1.82, 2.24) is 0 Å². The van der Waals surface area contributed by atoms with E-state index in [0.29, 0.717) is 0 Å². The Kier molecular flexibility index (Phi) is 17.0. The third-order valence-electron chi connectivity index (χ3n) is 4.12. The molecule has 0 heteroatoms. The van der Waals surface area contributed by atoms with Crippen LogP contribution >= 0.6 is 0 Å². The van der Waals surface area contributed by atoms with Gasteiger partial charge in [0, 0.05) is 0 Å². The fraction of sp³-hybridized carbons (Fsp3) is 1.00. The van der Waals surface area contributed by atoms with Crippen LogP contribution in [0.2, 0.25) is 0 Å². The molecule has 0 atom stereocenters. The van der Waals surface area contributed by atoms with Gasteiger partial charge in [-0.2, -0.15) is 0 Å². The SMILES string of the molecule is C.C1CCC(CC2CCCCC2)CC1.CC.CC. The predicted octanol–water partition coefficient (Wildman–Crippen LogP) is 7.23. The van der Waals surface area contributed by atoms with Crippen molar-refractivity contribution in [3.63, 3.8) is 0 Å². The summed E-state index contributed by atoms with van der Waals surface area (Å²) in [6.45, 7) is 8.00. The van der Waals surface area contributed by atoms with E-state index >= 15 is 0 Å². The zero-order valence-electron chi connectivity index (χ0n) is 12.9. The molecule has 0 unspecified atom stereocenters. The van der Waals surface area contributed by atoms with Crippen LogP contribution in [0.15, 0.2) is 0 Å². The standard InChI is InChI=1S/C13H24.2C2H6.CH4/c1-3-7-12(8-4-1)11-13-9-5-2-6-10-13;2*1-2;/h12-13H,1-11H2;2*1-2H3;1H4. The van der Waals surface area contributed by atoms with Gasteiger partial charge >= 0.3 is 0 Å². The molecular weight excluding hydrogens is 216 g/mol. The van der Waals surface area contributed by atoms with E-state index in [9.17, 15) is 0 Å². The molecule has 2 aliphatic rings. The van der Waals surface area contributed by atoms with Crippen molar-refractivity contribution in [2.75, 3.05) is 0 Å². The zero-order chi connectivity index (χ0) is 12.9. The van der Waals surface area contributed by atoms with E-state index in [2.05, 4.69) is 0 Å². The highest BCUT2D eigenvalue weighted by molar-refractivity contribution is 4.73. The van der Waals surface area contributed by atoms with Gasteiger partial charge in [-0.25, -0.2) is 0 Å². The van der Waals surface area contributed by atoms with Crippen LogP contribution in [0.4, 0.5) is 0 Å². The molecule has 0 saturated heterocycles. The second-order valence-electron chi connectivity index (χ2n) is 5.24. The third kappa shape index (κ3) is 9.00. The first-order valence-electron chi connectivity index (χ1n) is 8.45. The Morgan fingerprint density at radius 3 is 1.11 bits per heavy atom. The molecule has 2 aliphatic carbocycles. The molecule has 0 N–H and O–H groups in total. The first-order chi connectivity index (χ1) is 8.45. The second-order valence-corrected chi connectivity index (χ2v) is 5.24. The van der Waals surface area contributed by atoms with Gasteiger partial charge in [-0.3, -0.25) is 0 Å². The van der Waals surface area contributed by atoms with Crippen LogP contribution in [-0.2, 0) is 0 Å². The van der Waals surface area contributed by atoms with Gasteiger partial charge in [0.1, 0.15) is 0 Å². The molecule has 0 radical (unpaired) electrons. The van der Waals surface area contributed by atoms with Crippen molar-refractivity contribution in [2.24, 2.45) is 11.8 Å². The lowest BCUT2D eigenvalue weighted by molar-refractivity contribution is 0.244. The average molecular weight is 257 g/mol. The molecular formula is C18H40. The lowest BCUT2D eigenvalue weighted by Gasteiger charge is -2.28. The molecule has 0 bridgehead atoms. The van der Waals surface area contributed by atoms with Gasteiger partial charge in [-0.1, -0.05) is 99.3 Å². The van der Waals surface area contributed by atoms with Gasteiger partial charge < -0.3 is 0 Å². The van der Waals surface area contributed by atoms with E-state index in [1.54, 1.807) is 32.1 Å². The summed E-state index contributed by atoms with van der Waals surface area (Å²) in [5.74, 6) is 2.24. The van der Waals surface area contributed by atoms with Gasteiger partial charge in [-0.15, -0.1) is 0 Å². The van der Waals surface area contributed by atoms with Crippen molar-refractivity contribution in [2.45, 2.75) is 106 Å². The summed E-state index contributed by atoms with van der Waals surface area (Å²) in [4.78, 5) is 0. The number of rotatable bonds is 2. The summed E-state index contributed by atoms with van der Waals surface area (Å²) in [5.41, 5.74) is 0. The van der Waals surface area contributed by atoms with Gasteiger partial charge in [0.25, 0.3) is 0 Å². The van der Waals surface area contributed by atoms with Crippen molar-refractivity contribution in [1.29, 1.82) is 0 Å². The molecule has 0 aromatic heterocycles. The summed E-state index contributed by atoms with van der Waals surface area (Å²) in [7, 11) is 0. The molecule has 2 rings (SSSR count). The molecule has 0 aliphatic heterocycles. The highest BCUT2D eigenvalue weighted by atomic mass is 14.3. The highest BCUT2D eigenvalue weighted by Gasteiger charge is 2.20. The molecule has 0 amide bonds. The Bertz CT molecular complexity index is 111. The predicted molar refractivity (Wildman–Crippen MR) is 87.2 cm³/mol. The minimum Gasteiger partial charge on any atom is -0.0776 e. The second kappa shape index (κ2) is 15.1. The summed E-state index contributed by atoms with van der Waals surface area (Å²) < 4.78 is 0. The summed E-state index contributed by atoms with van der Waals surface area (Å²) in [6, 6.07) is 0. The van der Waals surface area contributed by atoms with E-state index < -0.39 is 0 Å². The maximum absolute atomic E-state index is 2.00. The van der Waals surface area contributed by atoms with Crippen molar-refractivity contribution >= 4 is 0 Å². The summed E-state index contributed by atoms with van der Waals surface area (Å²) in [6.07, 6.45) is 16.9. The van der Waals surface area contributed by atoms with Crippen LogP contribution in [0.3, 0.4) is 0 Å². The maximum Gasteiger partial charge on any atom is -0.0412 e. The normalized spacial score (nSPS) is 20.7. The van der Waals surface area contributed by atoms with Crippen molar-refractivity contribution < 1.29 is 0 Å². The average Bonchev–Trinajstić information content (AvgIpc) is 2.45. The first-order valence-corrected chi connectivity index (χ1v) is 8.45. The lowest BCUT2D eigenvalue weighted by Crippen LogP contribution is -2.14. The van der Waals surface area contributed by atoms with Gasteiger partial charge in [0.15, 0.2) is 0 Å². The molecule has 0 nitrogen and oxygen atoms in total. The minimum atomic E-state index is 0. The van der Waals surface area contributed by atoms with Gasteiger partial charge in [0.2, 0.25) is 0 Å². The van der Waals surface area contributed by atoms with E-state index in [0.717, 1.165) is 11.8 Å². The summed E-state index contributed by atoms with van der Waals surface area (Å²) in [5, 5.41) is 0. The first kappa shape index (κ1) is 20.3. The molecule has 0 aromatic carbocycles. The van der Waals surface area contributed by atoms with Crippen LogP contribution in [0, 0.1) is 11.8 Å². The smallest absolute Gasteiger partial charge is 0.0412 e. The van der Waals surface area contributed by atoms with Crippen molar-refractivity contribution in [3.05, 3.63) is 0 Å². The molecule has 0 heterocycles.